The molecule has 7 heteroatoms. The van der Waals surface area contributed by atoms with E-state index in [1.807, 2.05) is 19.1 Å². The van der Waals surface area contributed by atoms with Gasteiger partial charge in [-0.2, -0.15) is 4.99 Å². The van der Waals surface area contributed by atoms with Crippen LogP contribution in [0.5, 0.6) is 5.75 Å². The largest absolute Gasteiger partial charge is 0.573 e. The van der Waals surface area contributed by atoms with Crippen LogP contribution in [0.4, 0.5) is 23.2 Å². The third kappa shape index (κ3) is 5.54. The number of hydrogen-bond acceptors (Lipinski definition) is 3. The lowest BCUT2D eigenvalue weighted by atomic mass is 9.99. The molecule has 0 N–H and O–H groups in total. The molecule has 150 valence electrons. The fourth-order valence-electron chi connectivity index (χ4n) is 2.69. The maximum Gasteiger partial charge on any atom is 0.573 e. The van der Waals surface area contributed by atoms with Gasteiger partial charge < -0.3 is 4.74 Å². The first-order valence-electron chi connectivity index (χ1n) is 8.61. The fraction of sp³-hybridized carbons (Fsp3) is 0.0870. The Morgan fingerprint density at radius 3 is 2.17 bits per heavy atom. The topological polar surface area (TPSA) is 21.6 Å². The van der Waals surface area contributed by atoms with Crippen molar-refractivity contribution in [1.29, 1.82) is 0 Å². The minimum Gasteiger partial charge on any atom is -0.406 e. The summed E-state index contributed by atoms with van der Waals surface area (Å²) in [6.07, 6.45) is -4.73. The molecule has 0 spiro atoms. The Morgan fingerprint density at radius 1 is 0.900 bits per heavy atom. The van der Waals surface area contributed by atoms with Crippen LogP contribution in [0.25, 0.3) is 11.1 Å². The van der Waals surface area contributed by atoms with Gasteiger partial charge in [0.05, 0.1) is 5.16 Å². The van der Waals surface area contributed by atoms with Crippen molar-refractivity contribution in [3.05, 3.63) is 83.2 Å². The van der Waals surface area contributed by atoms with Gasteiger partial charge in [-0.15, -0.1) is 13.2 Å². The quantitative estimate of drug-likeness (QED) is 0.198. The van der Waals surface area contributed by atoms with Crippen molar-refractivity contribution in [2.75, 3.05) is 0 Å². The van der Waals surface area contributed by atoms with Crippen molar-refractivity contribution >= 4 is 23.1 Å². The second-order valence-electron chi connectivity index (χ2n) is 6.22. The van der Waals surface area contributed by atoms with E-state index >= 15 is 0 Å². The Hall–Kier alpha value is -3.46. The van der Waals surface area contributed by atoms with Gasteiger partial charge in [-0.3, -0.25) is 0 Å². The van der Waals surface area contributed by atoms with E-state index in [1.54, 1.807) is 12.1 Å². The second kappa shape index (κ2) is 8.91. The van der Waals surface area contributed by atoms with E-state index in [0.29, 0.717) is 11.1 Å². The van der Waals surface area contributed by atoms with E-state index in [4.69, 9.17) is 0 Å². The molecule has 3 rings (SSSR count). The number of aryl methyl sites for hydroxylation is 1. The molecule has 0 unspecified atom stereocenters. The molecule has 0 saturated heterocycles. The normalized spacial score (nSPS) is 10.6. The van der Waals surface area contributed by atoms with E-state index in [2.05, 4.69) is 38.9 Å². The van der Waals surface area contributed by atoms with Gasteiger partial charge in [-0.05, 0) is 78.3 Å². The summed E-state index contributed by atoms with van der Waals surface area (Å²) in [5.74, 6) is 5.10. The molecule has 0 bridgehead atoms. The average Bonchev–Trinajstić information content (AvgIpc) is 2.68. The van der Waals surface area contributed by atoms with E-state index in [1.165, 1.54) is 36.4 Å². The van der Waals surface area contributed by atoms with Crippen molar-refractivity contribution in [2.45, 2.75) is 13.3 Å². The van der Waals surface area contributed by atoms with Gasteiger partial charge in [0.15, 0.2) is 0 Å². The first-order valence-corrected chi connectivity index (χ1v) is 9.02. The van der Waals surface area contributed by atoms with Crippen molar-refractivity contribution in [2.24, 2.45) is 4.99 Å². The molecule has 0 radical (unpaired) electrons. The second-order valence-corrected chi connectivity index (χ2v) is 6.40. The van der Waals surface area contributed by atoms with E-state index in [0.717, 1.165) is 16.7 Å². The van der Waals surface area contributed by atoms with Crippen LogP contribution >= 0.6 is 12.2 Å². The highest BCUT2D eigenvalue weighted by atomic mass is 32.1. The highest BCUT2D eigenvalue weighted by Gasteiger charge is 2.30. The third-order valence-electron chi connectivity index (χ3n) is 4.10. The van der Waals surface area contributed by atoms with Crippen LogP contribution in [0.15, 0.2) is 65.7 Å². The summed E-state index contributed by atoms with van der Waals surface area (Å²) in [7, 11) is 0. The summed E-state index contributed by atoms with van der Waals surface area (Å²) in [5, 5.41) is 2.14. The number of hydrogen-bond donors (Lipinski definition) is 0. The van der Waals surface area contributed by atoms with Crippen LogP contribution in [-0.2, 0) is 0 Å². The van der Waals surface area contributed by atoms with E-state index in [-0.39, 0.29) is 11.4 Å². The molecule has 3 aromatic carbocycles. The van der Waals surface area contributed by atoms with Crippen molar-refractivity contribution < 1.29 is 22.3 Å². The molecular formula is C23H13F4NOS. The minimum absolute atomic E-state index is 0.125. The van der Waals surface area contributed by atoms with Crippen molar-refractivity contribution in [3.8, 4) is 28.7 Å². The summed E-state index contributed by atoms with van der Waals surface area (Å²) >= 11 is 4.49. The standard InChI is InChI=1S/C23H13F4NOS/c1-15-12-18(19-8-11-22(28-14-30)21(24)13-19)7-6-17(15)5-2-16-3-9-20(10-4-16)29-23(25,26)27/h3-4,6-13H,1H3. The number of rotatable bonds is 3. The van der Waals surface area contributed by atoms with Crippen LogP contribution in [0.3, 0.4) is 0 Å². The zero-order chi connectivity index (χ0) is 21.7. The third-order valence-corrected chi connectivity index (χ3v) is 4.19. The zero-order valence-corrected chi connectivity index (χ0v) is 16.4. The smallest absolute Gasteiger partial charge is 0.406 e. The van der Waals surface area contributed by atoms with Gasteiger partial charge >= 0.3 is 6.36 Å². The Kier molecular flexibility index (Phi) is 6.31. The van der Waals surface area contributed by atoms with Gasteiger partial charge in [0.2, 0.25) is 0 Å². The molecule has 0 heterocycles. The van der Waals surface area contributed by atoms with Gasteiger partial charge in [0, 0.05) is 11.1 Å². The van der Waals surface area contributed by atoms with Crippen molar-refractivity contribution in [1.82, 2.24) is 0 Å². The lowest BCUT2D eigenvalue weighted by Gasteiger charge is -2.08. The predicted molar refractivity (Wildman–Crippen MR) is 110 cm³/mol. The fourth-order valence-corrected chi connectivity index (χ4v) is 2.79. The molecule has 0 aliphatic heterocycles. The Morgan fingerprint density at radius 2 is 1.57 bits per heavy atom. The molecule has 2 nitrogen and oxygen atoms in total. The van der Waals surface area contributed by atoms with Crippen LogP contribution in [0, 0.1) is 24.6 Å². The molecule has 30 heavy (non-hydrogen) atoms. The molecular weight excluding hydrogens is 414 g/mol. The molecule has 3 aromatic rings. The number of halogens is 4. The van der Waals surface area contributed by atoms with Gasteiger partial charge in [-0.1, -0.05) is 30.0 Å². The highest BCUT2D eigenvalue weighted by molar-refractivity contribution is 7.78. The maximum absolute atomic E-state index is 14.1. The van der Waals surface area contributed by atoms with E-state index < -0.39 is 12.2 Å². The highest BCUT2D eigenvalue weighted by Crippen LogP contribution is 2.27. The number of alkyl halides is 3. The van der Waals surface area contributed by atoms with Crippen LogP contribution < -0.4 is 4.74 Å². The molecule has 0 atom stereocenters. The van der Waals surface area contributed by atoms with Gasteiger partial charge in [0.25, 0.3) is 0 Å². The van der Waals surface area contributed by atoms with Crippen LogP contribution in [0.2, 0.25) is 0 Å². The predicted octanol–water partition coefficient (Wildman–Crippen LogP) is 6.83. The first kappa shape index (κ1) is 21.3. The molecule has 0 saturated carbocycles. The summed E-state index contributed by atoms with van der Waals surface area (Å²) in [6, 6.07) is 15.4. The summed E-state index contributed by atoms with van der Waals surface area (Å²) in [4.78, 5) is 3.66. The summed E-state index contributed by atoms with van der Waals surface area (Å²) in [6.45, 7) is 1.87. The monoisotopic (exact) mass is 427 g/mol. The number of ether oxygens (including phenoxy) is 1. The molecule has 0 aliphatic carbocycles. The van der Waals surface area contributed by atoms with Gasteiger partial charge in [-0.25, -0.2) is 4.39 Å². The van der Waals surface area contributed by atoms with Gasteiger partial charge in [0.1, 0.15) is 17.3 Å². The molecule has 0 fully saturated rings. The van der Waals surface area contributed by atoms with Crippen molar-refractivity contribution in [3.63, 3.8) is 0 Å². The van der Waals surface area contributed by atoms with Crippen LogP contribution in [0.1, 0.15) is 16.7 Å². The summed E-state index contributed by atoms with van der Waals surface area (Å²) in [5.41, 5.74) is 3.78. The zero-order valence-electron chi connectivity index (χ0n) is 15.5. The Labute approximate surface area is 175 Å². The Bertz CT molecular complexity index is 1180. The van der Waals surface area contributed by atoms with Crippen LogP contribution in [-0.4, -0.2) is 11.5 Å². The maximum atomic E-state index is 14.1. The number of benzene rings is 3. The molecule has 0 aliphatic rings. The Balaban J connectivity index is 1.80. The molecule has 0 amide bonds. The average molecular weight is 427 g/mol. The lowest BCUT2D eigenvalue weighted by Crippen LogP contribution is -2.16. The SMILES string of the molecule is Cc1cc(-c2ccc(N=C=S)c(F)c2)ccc1C#Cc1ccc(OC(F)(F)F)cc1. The number of isothiocyanates is 1. The summed E-state index contributed by atoms with van der Waals surface area (Å²) < 4.78 is 54.5. The number of nitrogens with zero attached hydrogens (tertiary/aromatic N) is 1. The number of thiocarbonyl (C=S) groups is 1. The minimum atomic E-state index is -4.73. The number of aliphatic imine (C=N–C) groups is 1. The first-order chi connectivity index (χ1) is 14.2. The molecule has 0 aromatic heterocycles. The lowest BCUT2D eigenvalue weighted by molar-refractivity contribution is -0.274. The van der Waals surface area contributed by atoms with E-state index in [9.17, 15) is 17.6 Å².